The molecule has 0 heterocycles. The summed E-state index contributed by atoms with van der Waals surface area (Å²) in [6.07, 6.45) is 1.95. The molecule has 1 unspecified atom stereocenters. The number of amides is 1. The fraction of sp³-hybridized carbons (Fsp3) is 0.385. The van der Waals surface area contributed by atoms with Crippen LogP contribution in [0, 0.1) is 21.4 Å². The zero-order valence-corrected chi connectivity index (χ0v) is 10.9. The number of nitrogens with one attached hydrogen (secondary N) is 2. The van der Waals surface area contributed by atoms with Gasteiger partial charge < -0.3 is 10.6 Å². The van der Waals surface area contributed by atoms with E-state index in [0.29, 0.717) is 0 Å². The van der Waals surface area contributed by atoms with Crippen molar-refractivity contribution in [2.24, 2.45) is 0 Å². The Bertz CT molecular complexity index is 590. The number of benzene rings is 1. The summed E-state index contributed by atoms with van der Waals surface area (Å²) < 4.78 is 0. The van der Waals surface area contributed by atoms with Crippen LogP contribution in [0.15, 0.2) is 18.2 Å². The average molecular weight is 274 g/mol. The predicted molar refractivity (Wildman–Crippen MR) is 72.1 cm³/mol. The molecule has 1 atom stereocenters. The number of hydrogen-bond acceptors (Lipinski definition) is 5. The number of rotatable bonds is 5. The van der Waals surface area contributed by atoms with Crippen molar-refractivity contribution in [3.05, 3.63) is 33.9 Å². The van der Waals surface area contributed by atoms with Crippen molar-refractivity contribution < 1.29 is 9.72 Å². The molecule has 1 saturated carbocycles. The van der Waals surface area contributed by atoms with E-state index in [0.717, 1.165) is 12.8 Å². The number of nitro groups is 1. The monoisotopic (exact) mass is 274 g/mol. The van der Waals surface area contributed by atoms with Crippen molar-refractivity contribution in [1.29, 1.82) is 5.26 Å². The molecule has 0 spiro atoms. The van der Waals surface area contributed by atoms with Crippen LogP contribution in [0.2, 0.25) is 0 Å². The number of nitrogens with zero attached hydrogens (tertiary/aromatic N) is 2. The number of hydrogen-bond donors (Lipinski definition) is 2. The molecule has 2 N–H and O–H groups in total. The van der Waals surface area contributed by atoms with Gasteiger partial charge in [-0.3, -0.25) is 14.9 Å². The molecular formula is C13H14N4O3. The summed E-state index contributed by atoms with van der Waals surface area (Å²) in [7, 11) is 0. The second-order valence-electron chi connectivity index (χ2n) is 4.72. The quantitative estimate of drug-likeness (QED) is 0.625. The molecule has 1 aliphatic rings. The van der Waals surface area contributed by atoms with Gasteiger partial charge in [-0.15, -0.1) is 0 Å². The number of carbonyl (C=O) groups is 1. The zero-order valence-electron chi connectivity index (χ0n) is 10.9. The molecule has 1 fully saturated rings. The fourth-order valence-corrected chi connectivity index (χ4v) is 1.80. The van der Waals surface area contributed by atoms with Crippen LogP contribution in [-0.2, 0) is 4.79 Å². The maximum absolute atomic E-state index is 11.8. The zero-order chi connectivity index (χ0) is 14.7. The lowest BCUT2D eigenvalue weighted by atomic mass is 10.1. The largest absolute Gasteiger partial charge is 0.368 e. The second kappa shape index (κ2) is 5.57. The van der Waals surface area contributed by atoms with Gasteiger partial charge in [-0.25, -0.2) is 0 Å². The minimum Gasteiger partial charge on any atom is -0.368 e. The molecule has 0 saturated heterocycles. The number of para-hydroxylation sites is 1. The Balaban J connectivity index is 2.17. The van der Waals surface area contributed by atoms with Crippen LogP contribution in [0.5, 0.6) is 0 Å². The summed E-state index contributed by atoms with van der Waals surface area (Å²) in [4.78, 5) is 22.3. The van der Waals surface area contributed by atoms with Crippen molar-refractivity contribution in [1.82, 2.24) is 5.32 Å². The van der Waals surface area contributed by atoms with Crippen LogP contribution in [-0.4, -0.2) is 22.9 Å². The molecule has 7 nitrogen and oxygen atoms in total. The first kappa shape index (κ1) is 13.8. The van der Waals surface area contributed by atoms with E-state index in [4.69, 9.17) is 5.26 Å². The Labute approximate surface area is 115 Å². The normalized spacial score (nSPS) is 15.0. The minimum absolute atomic E-state index is 0.0326. The highest BCUT2D eigenvalue weighted by Crippen LogP contribution is 2.28. The molecule has 1 aliphatic carbocycles. The number of anilines is 1. The van der Waals surface area contributed by atoms with Gasteiger partial charge >= 0.3 is 5.69 Å². The first-order chi connectivity index (χ1) is 9.52. The van der Waals surface area contributed by atoms with Crippen molar-refractivity contribution in [2.75, 3.05) is 5.32 Å². The van der Waals surface area contributed by atoms with E-state index in [1.165, 1.54) is 12.1 Å². The number of nitriles is 1. The highest BCUT2D eigenvalue weighted by Gasteiger charge is 2.27. The molecule has 20 heavy (non-hydrogen) atoms. The molecule has 1 aromatic rings. The lowest BCUT2D eigenvalue weighted by molar-refractivity contribution is -0.384. The maximum atomic E-state index is 11.8. The highest BCUT2D eigenvalue weighted by molar-refractivity contribution is 5.86. The fourth-order valence-electron chi connectivity index (χ4n) is 1.80. The standard InChI is InChI=1S/C13H14N4O3/c1-8(13(18)16-10-5-6-10)15-11-4-2-3-9(7-14)12(11)17(19)20/h2-4,8,10,15H,5-6H2,1H3,(H,16,18). The molecule has 0 bridgehead atoms. The molecule has 2 rings (SSSR count). The van der Waals surface area contributed by atoms with E-state index in [9.17, 15) is 14.9 Å². The van der Waals surface area contributed by atoms with E-state index in [1.807, 2.05) is 0 Å². The first-order valence-corrected chi connectivity index (χ1v) is 6.27. The van der Waals surface area contributed by atoms with E-state index < -0.39 is 11.0 Å². The summed E-state index contributed by atoms with van der Waals surface area (Å²) in [6, 6.07) is 5.80. The van der Waals surface area contributed by atoms with Gasteiger partial charge in [-0.1, -0.05) is 6.07 Å². The number of nitro benzene ring substituents is 1. The lowest BCUT2D eigenvalue weighted by Gasteiger charge is -2.15. The van der Waals surface area contributed by atoms with Crippen LogP contribution >= 0.6 is 0 Å². The maximum Gasteiger partial charge on any atom is 0.309 e. The third-order valence-corrected chi connectivity index (χ3v) is 3.03. The second-order valence-corrected chi connectivity index (χ2v) is 4.72. The topological polar surface area (TPSA) is 108 Å². The molecule has 7 heteroatoms. The highest BCUT2D eigenvalue weighted by atomic mass is 16.6. The van der Waals surface area contributed by atoms with Gasteiger partial charge in [0.05, 0.1) is 4.92 Å². The van der Waals surface area contributed by atoms with Gasteiger partial charge in [-0.2, -0.15) is 5.26 Å². The molecular weight excluding hydrogens is 260 g/mol. The molecule has 0 radical (unpaired) electrons. The number of carbonyl (C=O) groups excluding carboxylic acids is 1. The van der Waals surface area contributed by atoms with Crippen LogP contribution < -0.4 is 10.6 Å². The third-order valence-electron chi connectivity index (χ3n) is 3.03. The van der Waals surface area contributed by atoms with E-state index in [1.54, 1.807) is 19.1 Å². The SMILES string of the molecule is CC(Nc1cccc(C#N)c1[N+](=O)[O-])C(=O)NC1CC1. The Morgan fingerprint density at radius 3 is 2.80 bits per heavy atom. The van der Waals surface area contributed by atoms with Crippen molar-refractivity contribution in [2.45, 2.75) is 31.8 Å². The summed E-state index contributed by atoms with van der Waals surface area (Å²) >= 11 is 0. The molecule has 1 aromatic carbocycles. The van der Waals surface area contributed by atoms with E-state index in [2.05, 4.69) is 10.6 Å². The summed E-state index contributed by atoms with van der Waals surface area (Å²) in [5.74, 6) is -0.204. The minimum atomic E-state index is -0.619. The van der Waals surface area contributed by atoms with Gasteiger partial charge in [0.15, 0.2) is 0 Å². The molecule has 1 amide bonds. The van der Waals surface area contributed by atoms with Gasteiger partial charge in [-0.05, 0) is 31.9 Å². The van der Waals surface area contributed by atoms with Crippen LogP contribution in [0.4, 0.5) is 11.4 Å². The summed E-state index contributed by atoms with van der Waals surface area (Å²) in [6.45, 7) is 1.63. The third kappa shape index (κ3) is 3.03. The lowest BCUT2D eigenvalue weighted by Crippen LogP contribution is -2.38. The first-order valence-electron chi connectivity index (χ1n) is 6.27. The van der Waals surface area contributed by atoms with Crippen molar-refractivity contribution >= 4 is 17.3 Å². The van der Waals surface area contributed by atoms with Crippen LogP contribution in [0.25, 0.3) is 0 Å². The van der Waals surface area contributed by atoms with Gasteiger partial charge in [0, 0.05) is 6.04 Å². The van der Waals surface area contributed by atoms with E-state index in [-0.39, 0.29) is 28.9 Å². The van der Waals surface area contributed by atoms with Gasteiger partial charge in [0.25, 0.3) is 0 Å². The van der Waals surface area contributed by atoms with E-state index >= 15 is 0 Å². The molecule has 0 aromatic heterocycles. The Morgan fingerprint density at radius 1 is 1.55 bits per heavy atom. The van der Waals surface area contributed by atoms with Crippen molar-refractivity contribution in [3.63, 3.8) is 0 Å². The van der Waals surface area contributed by atoms with Crippen LogP contribution in [0.3, 0.4) is 0 Å². The predicted octanol–water partition coefficient (Wildman–Crippen LogP) is 1.55. The summed E-state index contributed by atoms with van der Waals surface area (Å²) in [5.41, 5.74) is -0.164. The Morgan fingerprint density at radius 2 is 2.25 bits per heavy atom. The smallest absolute Gasteiger partial charge is 0.309 e. The average Bonchev–Trinajstić information content (AvgIpc) is 3.21. The van der Waals surface area contributed by atoms with Gasteiger partial charge in [0.1, 0.15) is 23.4 Å². The summed E-state index contributed by atoms with van der Waals surface area (Å²) in [5, 5.41) is 25.6. The molecule has 0 aliphatic heterocycles. The van der Waals surface area contributed by atoms with Crippen molar-refractivity contribution in [3.8, 4) is 6.07 Å². The van der Waals surface area contributed by atoms with Crippen LogP contribution in [0.1, 0.15) is 25.3 Å². The molecule has 104 valence electrons. The Kier molecular flexibility index (Phi) is 3.84. The van der Waals surface area contributed by atoms with Gasteiger partial charge in [0.2, 0.25) is 5.91 Å². The Hall–Kier alpha value is -2.62.